The molecule has 0 atom stereocenters. The maximum atomic E-state index is 8.84. The van der Waals surface area contributed by atoms with E-state index in [9.17, 15) is 0 Å². The Labute approximate surface area is 68.5 Å². The molecule has 1 fully saturated rings. The Morgan fingerprint density at radius 3 is 2.55 bits per heavy atom. The second kappa shape index (κ2) is 3.88. The first-order valence-electron chi connectivity index (χ1n) is 4.21. The van der Waals surface area contributed by atoms with Crippen LogP contribution < -0.4 is 0 Å². The molecule has 1 N–H and O–H groups in total. The Morgan fingerprint density at radius 2 is 2.09 bits per heavy atom. The van der Waals surface area contributed by atoms with Gasteiger partial charge < -0.3 is 10.0 Å². The van der Waals surface area contributed by atoms with E-state index in [4.69, 9.17) is 5.11 Å². The lowest BCUT2D eigenvalue weighted by molar-refractivity contribution is 0.222. The average Bonchev–Trinajstić information content (AvgIpc) is 2.05. The summed E-state index contributed by atoms with van der Waals surface area (Å²) in [5.74, 6) is 0.566. The standard InChI is InChI=1S/C9H17NO/c1-8(7-11)9-3-5-10(2)6-4-9/h9,11H,1,3-7H2,2H3. The fraction of sp³-hybridized carbons (Fsp3) is 0.778. The van der Waals surface area contributed by atoms with Crippen LogP contribution in [0, 0.1) is 5.92 Å². The predicted octanol–water partition coefficient (Wildman–Crippen LogP) is 0.877. The van der Waals surface area contributed by atoms with Gasteiger partial charge in [0.2, 0.25) is 0 Å². The molecule has 1 aliphatic heterocycles. The fourth-order valence-electron chi connectivity index (χ4n) is 1.55. The monoisotopic (exact) mass is 155 g/mol. The number of hydrogen-bond acceptors (Lipinski definition) is 2. The van der Waals surface area contributed by atoms with E-state index < -0.39 is 0 Å². The van der Waals surface area contributed by atoms with Crippen molar-refractivity contribution in [2.75, 3.05) is 26.7 Å². The molecular formula is C9H17NO. The van der Waals surface area contributed by atoms with Crippen LogP contribution in [0.4, 0.5) is 0 Å². The molecule has 0 radical (unpaired) electrons. The summed E-state index contributed by atoms with van der Waals surface area (Å²) in [5, 5.41) is 8.84. The highest BCUT2D eigenvalue weighted by molar-refractivity contribution is 5.01. The molecule has 1 rings (SSSR count). The van der Waals surface area contributed by atoms with E-state index in [2.05, 4.69) is 18.5 Å². The molecule has 0 amide bonds. The van der Waals surface area contributed by atoms with E-state index in [1.807, 2.05) is 0 Å². The number of rotatable bonds is 2. The number of aliphatic hydroxyl groups is 1. The minimum atomic E-state index is 0.161. The molecule has 0 aromatic heterocycles. The lowest BCUT2D eigenvalue weighted by Gasteiger charge is -2.29. The maximum absolute atomic E-state index is 8.84. The largest absolute Gasteiger partial charge is 0.392 e. The van der Waals surface area contributed by atoms with Crippen LogP contribution in [0.15, 0.2) is 12.2 Å². The van der Waals surface area contributed by atoms with Crippen molar-refractivity contribution in [2.45, 2.75) is 12.8 Å². The molecule has 0 aromatic rings. The third-order valence-electron chi connectivity index (χ3n) is 2.50. The third kappa shape index (κ3) is 2.31. The van der Waals surface area contributed by atoms with Gasteiger partial charge >= 0.3 is 0 Å². The van der Waals surface area contributed by atoms with Gasteiger partial charge in [-0.15, -0.1) is 0 Å². The van der Waals surface area contributed by atoms with Crippen molar-refractivity contribution in [3.8, 4) is 0 Å². The normalized spacial score (nSPS) is 22.0. The zero-order valence-corrected chi connectivity index (χ0v) is 7.21. The average molecular weight is 155 g/mol. The number of likely N-dealkylation sites (tertiary alicyclic amines) is 1. The van der Waals surface area contributed by atoms with Crippen molar-refractivity contribution < 1.29 is 5.11 Å². The number of aliphatic hydroxyl groups excluding tert-OH is 1. The second-order valence-corrected chi connectivity index (χ2v) is 3.39. The van der Waals surface area contributed by atoms with Crippen LogP contribution in [-0.2, 0) is 0 Å². The number of nitrogens with zero attached hydrogens (tertiary/aromatic N) is 1. The van der Waals surface area contributed by atoms with Crippen LogP contribution in [0.2, 0.25) is 0 Å². The summed E-state index contributed by atoms with van der Waals surface area (Å²) in [7, 11) is 2.14. The Hall–Kier alpha value is -0.340. The minimum Gasteiger partial charge on any atom is -0.392 e. The van der Waals surface area contributed by atoms with Crippen LogP contribution in [0.1, 0.15) is 12.8 Å². The van der Waals surface area contributed by atoms with E-state index in [-0.39, 0.29) is 6.61 Å². The molecule has 0 bridgehead atoms. The van der Waals surface area contributed by atoms with Crippen molar-refractivity contribution in [1.29, 1.82) is 0 Å². The SMILES string of the molecule is C=C(CO)C1CCN(C)CC1. The van der Waals surface area contributed by atoms with Crippen LogP contribution in [0.25, 0.3) is 0 Å². The van der Waals surface area contributed by atoms with Crippen molar-refractivity contribution >= 4 is 0 Å². The lowest BCUT2D eigenvalue weighted by Crippen LogP contribution is -2.31. The summed E-state index contributed by atoms with van der Waals surface area (Å²) in [6.45, 7) is 6.30. The topological polar surface area (TPSA) is 23.5 Å². The molecular weight excluding hydrogens is 138 g/mol. The Balaban J connectivity index is 2.33. The zero-order chi connectivity index (χ0) is 8.27. The Bertz CT molecular complexity index is 136. The van der Waals surface area contributed by atoms with Gasteiger partial charge in [-0.25, -0.2) is 0 Å². The molecule has 1 aliphatic rings. The van der Waals surface area contributed by atoms with Gasteiger partial charge in [0.15, 0.2) is 0 Å². The summed E-state index contributed by atoms with van der Waals surface area (Å²) in [4.78, 5) is 2.32. The predicted molar refractivity (Wildman–Crippen MR) is 46.4 cm³/mol. The smallest absolute Gasteiger partial charge is 0.0641 e. The van der Waals surface area contributed by atoms with Gasteiger partial charge in [0.1, 0.15) is 0 Å². The highest BCUT2D eigenvalue weighted by Gasteiger charge is 2.17. The first kappa shape index (κ1) is 8.75. The van der Waals surface area contributed by atoms with Crippen LogP contribution in [0.5, 0.6) is 0 Å². The molecule has 0 aromatic carbocycles. The van der Waals surface area contributed by atoms with Gasteiger partial charge in [-0.05, 0) is 44.5 Å². The molecule has 2 heteroatoms. The van der Waals surface area contributed by atoms with E-state index >= 15 is 0 Å². The van der Waals surface area contributed by atoms with Gasteiger partial charge in [0, 0.05) is 0 Å². The molecule has 0 aliphatic carbocycles. The maximum Gasteiger partial charge on any atom is 0.0641 e. The van der Waals surface area contributed by atoms with E-state index in [0.717, 1.165) is 31.5 Å². The summed E-state index contributed by atoms with van der Waals surface area (Å²) in [6, 6.07) is 0. The van der Waals surface area contributed by atoms with Crippen LogP contribution in [0.3, 0.4) is 0 Å². The van der Waals surface area contributed by atoms with Gasteiger partial charge in [-0.3, -0.25) is 0 Å². The fourth-order valence-corrected chi connectivity index (χ4v) is 1.55. The molecule has 0 spiro atoms. The Morgan fingerprint density at radius 1 is 1.55 bits per heavy atom. The highest BCUT2D eigenvalue weighted by atomic mass is 16.3. The highest BCUT2D eigenvalue weighted by Crippen LogP contribution is 2.21. The summed E-state index contributed by atoms with van der Waals surface area (Å²) >= 11 is 0. The summed E-state index contributed by atoms with van der Waals surface area (Å²) in [5.41, 5.74) is 1.01. The van der Waals surface area contributed by atoms with Crippen molar-refractivity contribution in [2.24, 2.45) is 5.92 Å². The second-order valence-electron chi connectivity index (χ2n) is 3.39. The number of piperidine rings is 1. The van der Waals surface area contributed by atoms with Crippen LogP contribution >= 0.6 is 0 Å². The van der Waals surface area contributed by atoms with Crippen molar-refractivity contribution in [1.82, 2.24) is 4.90 Å². The molecule has 1 saturated heterocycles. The third-order valence-corrected chi connectivity index (χ3v) is 2.50. The number of hydrogen-bond donors (Lipinski definition) is 1. The first-order chi connectivity index (χ1) is 5.24. The van der Waals surface area contributed by atoms with Gasteiger partial charge in [-0.2, -0.15) is 0 Å². The lowest BCUT2D eigenvalue weighted by atomic mass is 9.91. The van der Waals surface area contributed by atoms with E-state index in [1.54, 1.807) is 0 Å². The molecule has 0 saturated carbocycles. The molecule has 0 unspecified atom stereocenters. The first-order valence-corrected chi connectivity index (χ1v) is 4.21. The molecule has 11 heavy (non-hydrogen) atoms. The Kier molecular flexibility index (Phi) is 3.09. The van der Waals surface area contributed by atoms with E-state index in [0.29, 0.717) is 5.92 Å². The summed E-state index contributed by atoms with van der Waals surface area (Å²) in [6.07, 6.45) is 2.33. The van der Waals surface area contributed by atoms with Gasteiger partial charge in [0.05, 0.1) is 6.61 Å². The zero-order valence-electron chi connectivity index (χ0n) is 7.21. The molecule has 64 valence electrons. The minimum absolute atomic E-state index is 0.161. The molecule has 2 nitrogen and oxygen atoms in total. The van der Waals surface area contributed by atoms with Crippen molar-refractivity contribution in [3.05, 3.63) is 12.2 Å². The van der Waals surface area contributed by atoms with Crippen LogP contribution in [-0.4, -0.2) is 36.8 Å². The van der Waals surface area contributed by atoms with Gasteiger partial charge in [-0.1, -0.05) is 6.58 Å². The van der Waals surface area contributed by atoms with E-state index in [1.165, 1.54) is 0 Å². The molecule has 1 heterocycles. The summed E-state index contributed by atoms with van der Waals surface area (Å²) < 4.78 is 0. The quantitative estimate of drug-likeness (QED) is 0.598. The van der Waals surface area contributed by atoms with Crippen molar-refractivity contribution in [3.63, 3.8) is 0 Å². The van der Waals surface area contributed by atoms with Gasteiger partial charge in [0.25, 0.3) is 0 Å².